The van der Waals surface area contributed by atoms with Crippen molar-refractivity contribution in [3.05, 3.63) is 58.8 Å². The Labute approximate surface area is 138 Å². The molecule has 24 heavy (non-hydrogen) atoms. The number of amides is 1. The maximum atomic E-state index is 12.5. The van der Waals surface area contributed by atoms with Crippen LogP contribution in [0.3, 0.4) is 0 Å². The molecule has 0 bridgehead atoms. The molecule has 0 aliphatic carbocycles. The molecule has 0 spiro atoms. The second-order valence-corrected chi connectivity index (χ2v) is 5.41. The third-order valence-electron chi connectivity index (χ3n) is 3.07. The van der Waals surface area contributed by atoms with Crippen LogP contribution in [-0.4, -0.2) is 20.9 Å². The Hall–Kier alpha value is -2.81. The van der Waals surface area contributed by atoms with E-state index in [0.717, 1.165) is 12.1 Å². The first kappa shape index (κ1) is 16.1. The zero-order valence-electron chi connectivity index (χ0n) is 11.9. The first-order valence-corrected chi connectivity index (χ1v) is 7.57. The van der Waals surface area contributed by atoms with Gasteiger partial charge in [0.2, 0.25) is 0 Å². The number of aromatic nitrogens is 3. The van der Waals surface area contributed by atoms with Gasteiger partial charge in [-0.2, -0.15) is 13.2 Å². The highest BCUT2D eigenvalue weighted by Gasteiger charge is 2.30. The molecule has 2 aromatic heterocycles. The maximum Gasteiger partial charge on any atom is 0.416 e. The van der Waals surface area contributed by atoms with Crippen molar-refractivity contribution >= 4 is 23.1 Å². The smallest absolute Gasteiger partial charge is 0.304 e. The van der Waals surface area contributed by atoms with Crippen LogP contribution in [0.2, 0.25) is 0 Å². The number of carbonyl (C=O) groups excluding carboxylic acids is 1. The molecule has 9 heteroatoms. The number of nitrogens with zero attached hydrogens (tertiary/aromatic N) is 3. The van der Waals surface area contributed by atoms with Crippen LogP contribution in [0.1, 0.15) is 16.1 Å². The summed E-state index contributed by atoms with van der Waals surface area (Å²) >= 11 is 1.29. The number of hydrogen-bond donors (Lipinski definition) is 1. The molecule has 5 nitrogen and oxygen atoms in total. The third-order valence-corrected chi connectivity index (χ3v) is 3.65. The average molecular weight is 350 g/mol. The number of nitrogens with one attached hydrogen (secondary N) is 1. The molecule has 0 aliphatic heterocycles. The molecule has 0 radical (unpaired) electrons. The van der Waals surface area contributed by atoms with E-state index in [-0.39, 0.29) is 11.5 Å². The Morgan fingerprint density at radius 3 is 2.33 bits per heavy atom. The largest absolute Gasteiger partial charge is 0.416 e. The molecule has 1 aromatic carbocycles. The minimum absolute atomic E-state index is 0.226. The van der Waals surface area contributed by atoms with Gasteiger partial charge < -0.3 is 5.32 Å². The summed E-state index contributed by atoms with van der Waals surface area (Å²) in [5.74, 6) is -0.184. The van der Waals surface area contributed by atoms with Crippen molar-refractivity contribution in [2.75, 3.05) is 5.32 Å². The van der Waals surface area contributed by atoms with Crippen molar-refractivity contribution in [2.45, 2.75) is 6.18 Å². The van der Waals surface area contributed by atoms with E-state index in [2.05, 4.69) is 20.3 Å². The summed E-state index contributed by atoms with van der Waals surface area (Å²) in [6, 6.07) is 4.60. The van der Waals surface area contributed by atoms with Crippen molar-refractivity contribution in [3.63, 3.8) is 0 Å². The van der Waals surface area contributed by atoms with Crippen molar-refractivity contribution in [3.8, 4) is 11.3 Å². The third kappa shape index (κ3) is 3.57. The number of carbonyl (C=O) groups is 1. The predicted octanol–water partition coefficient (Wildman–Crippen LogP) is 3.87. The van der Waals surface area contributed by atoms with Crippen LogP contribution >= 0.6 is 11.3 Å². The van der Waals surface area contributed by atoms with Gasteiger partial charge in [-0.05, 0) is 12.1 Å². The van der Waals surface area contributed by atoms with E-state index < -0.39 is 17.6 Å². The van der Waals surface area contributed by atoms with E-state index in [0.29, 0.717) is 11.3 Å². The Bertz CT molecular complexity index is 831. The molecule has 1 amide bonds. The summed E-state index contributed by atoms with van der Waals surface area (Å²) in [6.45, 7) is 0. The van der Waals surface area contributed by atoms with Crippen molar-refractivity contribution in [1.29, 1.82) is 0 Å². The van der Waals surface area contributed by atoms with Crippen LogP contribution < -0.4 is 5.32 Å². The second-order valence-electron chi connectivity index (χ2n) is 4.69. The van der Waals surface area contributed by atoms with Crippen LogP contribution in [0.4, 0.5) is 19.0 Å². The van der Waals surface area contributed by atoms with Crippen molar-refractivity contribution in [1.82, 2.24) is 15.0 Å². The standard InChI is InChI=1S/C15H9F3N4OS/c16-15(17,18)10-3-1-9(2-4-10)11-5-20-13(6-19-11)22-14(23)12-7-24-8-21-12/h1-8H,(H,20,22,23). The maximum absolute atomic E-state index is 12.5. The number of anilines is 1. The summed E-state index contributed by atoms with van der Waals surface area (Å²) in [4.78, 5) is 23.8. The molecule has 0 saturated carbocycles. The molecule has 0 atom stereocenters. The lowest BCUT2D eigenvalue weighted by molar-refractivity contribution is -0.137. The molecule has 1 N–H and O–H groups in total. The second kappa shape index (κ2) is 6.36. The summed E-state index contributed by atoms with van der Waals surface area (Å²) < 4.78 is 37.6. The lowest BCUT2D eigenvalue weighted by Gasteiger charge is -2.07. The minimum atomic E-state index is -4.38. The highest BCUT2D eigenvalue weighted by atomic mass is 32.1. The minimum Gasteiger partial charge on any atom is -0.304 e. The molecule has 2 heterocycles. The Balaban J connectivity index is 1.73. The first-order chi connectivity index (χ1) is 11.4. The topological polar surface area (TPSA) is 67.8 Å². The van der Waals surface area contributed by atoms with E-state index in [1.54, 1.807) is 5.38 Å². The van der Waals surface area contributed by atoms with Crippen LogP contribution in [0.15, 0.2) is 47.5 Å². The summed E-state index contributed by atoms with van der Waals surface area (Å²) in [5, 5.41) is 4.13. The molecule has 122 valence electrons. The Morgan fingerprint density at radius 1 is 1.04 bits per heavy atom. The van der Waals surface area contributed by atoms with Gasteiger partial charge in [-0.1, -0.05) is 12.1 Å². The highest BCUT2D eigenvalue weighted by Crippen LogP contribution is 2.30. The quantitative estimate of drug-likeness (QED) is 0.779. The van der Waals surface area contributed by atoms with Gasteiger partial charge in [0, 0.05) is 10.9 Å². The summed E-state index contributed by atoms with van der Waals surface area (Å²) in [5.41, 5.74) is 1.97. The zero-order chi connectivity index (χ0) is 17.2. The molecular formula is C15H9F3N4OS. The Morgan fingerprint density at radius 2 is 1.79 bits per heavy atom. The molecule has 0 fully saturated rings. The zero-order valence-corrected chi connectivity index (χ0v) is 12.7. The predicted molar refractivity (Wildman–Crippen MR) is 82.5 cm³/mol. The van der Waals surface area contributed by atoms with Crippen molar-refractivity contribution in [2.24, 2.45) is 0 Å². The van der Waals surface area contributed by atoms with Crippen LogP contribution in [-0.2, 0) is 6.18 Å². The molecule has 0 unspecified atom stereocenters. The van der Waals surface area contributed by atoms with Gasteiger partial charge in [-0.15, -0.1) is 11.3 Å². The van der Waals surface area contributed by atoms with Gasteiger partial charge in [0.15, 0.2) is 5.82 Å². The van der Waals surface area contributed by atoms with Gasteiger partial charge in [0.1, 0.15) is 5.69 Å². The molecule has 0 aliphatic rings. The van der Waals surface area contributed by atoms with Gasteiger partial charge in [0.05, 0.1) is 29.2 Å². The van der Waals surface area contributed by atoms with E-state index >= 15 is 0 Å². The lowest BCUT2D eigenvalue weighted by Crippen LogP contribution is -2.13. The highest BCUT2D eigenvalue weighted by molar-refractivity contribution is 7.07. The fourth-order valence-corrected chi connectivity index (χ4v) is 2.41. The number of thiazole rings is 1. The molecule has 0 saturated heterocycles. The average Bonchev–Trinajstić information content (AvgIpc) is 3.09. The number of halogens is 3. The number of rotatable bonds is 3. The van der Waals surface area contributed by atoms with Crippen LogP contribution in [0.25, 0.3) is 11.3 Å². The number of hydrogen-bond acceptors (Lipinski definition) is 5. The monoisotopic (exact) mass is 350 g/mol. The molecule has 3 aromatic rings. The molecule has 3 rings (SSSR count). The van der Waals surface area contributed by atoms with Crippen molar-refractivity contribution < 1.29 is 18.0 Å². The van der Waals surface area contributed by atoms with Gasteiger partial charge in [0.25, 0.3) is 5.91 Å². The van der Waals surface area contributed by atoms with E-state index in [4.69, 9.17) is 0 Å². The van der Waals surface area contributed by atoms with E-state index in [1.165, 1.54) is 41.4 Å². The fraction of sp³-hybridized carbons (Fsp3) is 0.0667. The van der Waals surface area contributed by atoms with Gasteiger partial charge in [-0.3, -0.25) is 9.78 Å². The van der Waals surface area contributed by atoms with E-state index in [1.807, 2.05) is 0 Å². The summed E-state index contributed by atoms with van der Waals surface area (Å²) in [6.07, 6.45) is -1.68. The van der Waals surface area contributed by atoms with Gasteiger partial charge >= 0.3 is 6.18 Å². The number of alkyl halides is 3. The normalized spacial score (nSPS) is 11.3. The number of benzene rings is 1. The first-order valence-electron chi connectivity index (χ1n) is 6.63. The Kier molecular flexibility index (Phi) is 4.26. The van der Waals surface area contributed by atoms with Crippen LogP contribution in [0, 0.1) is 0 Å². The van der Waals surface area contributed by atoms with E-state index in [9.17, 15) is 18.0 Å². The fourth-order valence-electron chi connectivity index (χ4n) is 1.88. The SMILES string of the molecule is O=C(Nc1cnc(-c2ccc(C(F)(F)F)cc2)cn1)c1cscn1. The van der Waals surface area contributed by atoms with Gasteiger partial charge in [-0.25, -0.2) is 9.97 Å². The lowest BCUT2D eigenvalue weighted by atomic mass is 10.1. The summed E-state index contributed by atoms with van der Waals surface area (Å²) in [7, 11) is 0. The van der Waals surface area contributed by atoms with Crippen LogP contribution in [0.5, 0.6) is 0 Å². The molecular weight excluding hydrogens is 341 g/mol.